The summed E-state index contributed by atoms with van der Waals surface area (Å²) in [5.41, 5.74) is 1.67. The van der Waals surface area contributed by atoms with Crippen LogP contribution in [0.1, 0.15) is 53.4 Å². The van der Waals surface area contributed by atoms with Crippen molar-refractivity contribution in [2.45, 2.75) is 45.4 Å². The largest absolute Gasteiger partial charge is 0.462 e. The van der Waals surface area contributed by atoms with Crippen LogP contribution in [0.25, 0.3) is 0 Å². The van der Waals surface area contributed by atoms with E-state index in [2.05, 4.69) is 5.32 Å². The Morgan fingerprint density at radius 1 is 1.18 bits per heavy atom. The Morgan fingerprint density at radius 2 is 1.95 bits per heavy atom. The number of urea groups is 1. The number of thiophene rings is 1. The molecule has 1 aliphatic carbocycles. The SMILES string of the molecule is CCOC(=O)c1c(NC(=O)N2CCCCC2)sc2c1CCC2. The van der Waals surface area contributed by atoms with Gasteiger partial charge in [0, 0.05) is 18.0 Å². The molecule has 2 amide bonds. The highest BCUT2D eigenvalue weighted by molar-refractivity contribution is 7.17. The Morgan fingerprint density at radius 3 is 2.68 bits per heavy atom. The van der Waals surface area contributed by atoms with E-state index in [9.17, 15) is 9.59 Å². The first-order chi connectivity index (χ1) is 10.7. The first kappa shape index (κ1) is 15.3. The molecule has 0 bridgehead atoms. The zero-order chi connectivity index (χ0) is 15.5. The molecule has 0 spiro atoms. The van der Waals surface area contributed by atoms with Crippen molar-refractivity contribution in [3.63, 3.8) is 0 Å². The number of carbonyl (C=O) groups excluding carboxylic acids is 2. The van der Waals surface area contributed by atoms with E-state index in [4.69, 9.17) is 4.74 Å². The van der Waals surface area contributed by atoms with E-state index in [1.54, 1.807) is 6.92 Å². The quantitative estimate of drug-likeness (QED) is 0.867. The summed E-state index contributed by atoms with van der Waals surface area (Å²) < 4.78 is 5.18. The molecule has 1 saturated heterocycles. The summed E-state index contributed by atoms with van der Waals surface area (Å²) in [7, 11) is 0. The average molecular weight is 322 g/mol. The number of rotatable bonds is 3. The maximum Gasteiger partial charge on any atom is 0.341 e. The van der Waals surface area contributed by atoms with E-state index in [0.29, 0.717) is 17.2 Å². The molecule has 1 N–H and O–H groups in total. The molecule has 0 saturated carbocycles. The number of anilines is 1. The van der Waals surface area contributed by atoms with E-state index in [0.717, 1.165) is 50.8 Å². The smallest absolute Gasteiger partial charge is 0.341 e. The highest BCUT2D eigenvalue weighted by atomic mass is 32.1. The van der Waals surface area contributed by atoms with Gasteiger partial charge in [-0.2, -0.15) is 0 Å². The fourth-order valence-corrected chi connectivity index (χ4v) is 4.45. The number of nitrogens with one attached hydrogen (secondary N) is 1. The number of aryl methyl sites for hydroxylation is 1. The first-order valence-corrected chi connectivity index (χ1v) is 8.90. The van der Waals surface area contributed by atoms with Crippen LogP contribution >= 0.6 is 11.3 Å². The lowest BCUT2D eigenvalue weighted by atomic mass is 10.1. The second kappa shape index (κ2) is 6.69. The minimum Gasteiger partial charge on any atom is -0.462 e. The molecular weight excluding hydrogens is 300 g/mol. The Balaban J connectivity index is 1.80. The van der Waals surface area contributed by atoms with Crippen LogP contribution in [0.5, 0.6) is 0 Å². The molecule has 0 atom stereocenters. The van der Waals surface area contributed by atoms with Crippen LogP contribution < -0.4 is 5.32 Å². The monoisotopic (exact) mass is 322 g/mol. The Bertz CT molecular complexity index is 576. The van der Waals surface area contributed by atoms with Gasteiger partial charge < -0.3 is 9.64 Å². The summed E-state index contributed by atoms with van der Waals surface area (Å²) in [4.78, 5) is 27.7. The molecule has 5 nitrogen and oxygen atoms in total. The zero-order valence-electron chi connectivity index (χ0n) is 12.9. The van der Waals surface area contributed by atoms with Crippen LogP contribution in [-0.2, 0) is 17.6 Å². The van der Waals surface area contributed by atoms with Gasteiger partial charge in [0.05, 0.1) is 12.2 Å². The summed E-state index contributed by atoms with van der Waals surface area (Å²) in [6, 6.07) is -0.0924. The number of hydrogen-bond donors (Lipinski definition) is 1. The third-order valence-corrected chi connectivity index (χ3v) is 5.47. The van der Waals surface area contributed by atoms with E-state index in [1.165, 1.54) is 22.6 Å². The maximum atomic E-state index is 12.4. The molecule has 1 aromatic heterocycles. The van der Waals surface area contributed by atoms with E-state index in [-0.39, 0.29) is 12.0 Å². The van der Waals surface area contributed by atoms with Crippen molar-refractivity contribution >= 4 is 28.3 Å². The van der Waals surface area contributed by atoms with Crippen molar-refractivity contribution in [1.82, 2.24) is 4.90 Å². The van der Waals surface area contributed by atoms with Crippen molar-refractivity contribution < 1.29 is 14.3 Å². The van der Waals surface area contributed by atoms with E-state index < -0.39 is 0 Å². The van der Waals surface area contributed by atoms with Crippen LogP contribution in [0.4, 0.5) is 9.80 Å². The number of ether oxygens (including phenoxy) is 1. The number of nitrogens with zero attached hydrogens (tertiary/aromatic N) is 1. The lowest BCUT2D eigenvalue weighted by Crippen LogP contribution is -2.38. The molecule has 0 radical (unpaired) electrons. The second-order valence-electron chi connectivity index (χ2n) is 5.76. The number of carbonyl (C=O) groups is 2. The number of fused-ring (bicyclic) bond motifs is 1. The van der Waals surface area contributed by atoms with Gasteiger partial charge in [0.25, 0.3) is 0 Å². The van der Waals surface area contributed by atoms with Gasteiger partial charge in [-0.25, -0.2) is 9.59 Å². The van der Waals surface area contributed by atoms with Gasteiger partial charge in [0.2, 0.25) is 0 Å². The third-order valence-electron chi connectivity index (χ3n) is 4.26. The number of likely N-dealkylation sites (tertiary alicyclic amines) is 1. The summed E-state index contributed by atoms with van der Waals surface area (Å²) in [6.07, 6.45) is 6.27. The standard InChI is InChI=1S/C16H22N2O3S/c1-2-21-15(19)13-11-7-6-8-12(11)22-14(13)17-16(20)18-9-4-3-5-10-18/h2-10H2,1H3,(H,17,20). The van der Waals surface area contributed by atoms with Gasteiger partial charge >= 0.3 is 12.0 Å². The molecule has 2 heterocycles. The van der Waals surface area contributed by atoms with Gasteiger partial charge in [-0.3, -0.25) is 5.32 Å². The lowest BCUT2D eigenvalue weighted by molar-refractivity contribution is 0.0527. The van der Waals surface area contributed by atoms with Crippen molar-refractivity contribution in [1.29, 1.82) is 0 Å². The van der Waals surface area contributed by atoms with Crippen LogP contribution in [-0.4, -0.2) is 36.6 Å². The van der Waals surface area contributed by atoms with Gasteiger partial charge in [-0.05, 0) is 51.0 Å². The third kappa shape index (κ3) is 2.97. The van der Waals surface area contributed by atoms with Gasteiger partial charge in [0.1, 0.15) is 5.00 Å². The van der Waals surface area contributed by atoms with Crippen LogP contribution in [0, 0.1) is 0 Å². The highest BCUT2D eigenvalue weighted by Crippen LogP contribution is 2.39. The number of esters is 1. The lowest BCUT2D eigenvalue weighted by Gasteiger charge is -2.26. The molecule has 0 unspecified atom stereocenters. The average Bonchev–Trinajstić information content (AvgIpc) is 3.08. The fraction of sp³-hybridized carbons (Fsp3) is 0.625. The molecule has 3 rings (SSSR count). The Kier molecular flexibility index (Phi) is 4.66. The minimum absolute atomic E-state index is 0.0924. The molecule has 1 aromatic rings. The van der Waals surface area contributed by atoms with Gasteiger partial charge in [-0.1, -0.05) is 0 Å². The van der Waals surface area contributed by atoms with Crippen molar-refractivity contribution in [3.05, 3.63) is 16.0 Å². The molecular formula is C16H22N2O3S. The number of piperidine rings is 1. The molecule has 2 aliphatic rings. The topological polar surface area (TPSA) is 58.6 Å². The summed E-state index contributed by atoms with van der Waals surface area (Å²) >= 11 is 1.54. The second-order valence-corrected chi connectivity index (χ2v) is 6.86. The van der Waals surface area contributed by atoms with Gasteiger partial charge in [-0.15, -0.1) is 11.3 Å². The Hall–Kier alpha value is -1.56. The maximum absolute atomic E-state index is 12.4. The van der Waals surface area contributed by atoms with E-state index >= 15 is 0 Å². The molecule has 1 aliphatic heterocycles. The fourth-order valence-electron chi connectivity index (χ4n) is 3.18. The number of hydrogen-bond acceptors (Lipinski definition) is 4. The van der Waals surface area contributed by atoms with Crippen LogP contribution in [0.2, 0.25) is 0 Å². The Labute approximate surface area is 134 Å². The predicted octanol–water partition coefficient (Wildman–Crippen LogP) is 3.43. The molecule has 22 heavy (non-hydrogen) atoms. The van der Waals surface area contributed by atoms with Crippen molar-refractivity contribution in [3.8, 4) is 0 Å². The summed E-state index contributed by atoms with van der Waals surface area (Å²) in [6.45, 7) is 3.75. The first-order valence-electron chi connectivity index (χ1n) is 8.08. The molecule has 1 fully saturated rings. The normalized spacial score (nSPS) is 17.2. The highest BCUT2D eigenvalue weighted by Gasteiger charge is 2.29. The van der Waals surface area contributed by atoms with Crippen molar-refractivity contribution in [2.75, 3.05) is 25.0 Å². The number of amides is 2. The van der Waals surface area contributed by atoms with Crippen LogP contribution in [0.3, 0.4) is 0 Å². The summed E-state index contributed by atoms with van der Waals surface area (Å²) in [5, 5.41) is 3.62. The molecule has 120 valence electrons. The zero-order valence-corrected chi connectivity index (χ0v) is 13.8. The van der Waals surface area contributed by atoms with Crippen LogP contribution in [0.15, 0.2) is 0 Å². The van der Waals surface area contributed by atoms with E-state index in [1.807, 2.05) is 4.90 Å². The summed E-state index contributed by atoms with van der Waals surface area (Å²) in [5.74, 6) is -0.309. The molecule has 6 heteroatoms. The minimum atomic E-state index is -0.309. The van der Waals surface area contributed by atoms with Gasteiger partial charge in [0.15, 0.2) is 0 Å². The van der Waals surface area contributed by atoms with Crippen molar-refractivity contribution in [2.24, 2.45) is 0 Å². The molecule has 0 aromatic carbocycles. The predicted molar refractivity (Wildman–Crippen MR) is 86.7 cm³/mol.